The molecular weight excluding hydrogens is 280 g/mol. The summed E-state index contributed by atoms with van der Waals surface area (Å²) in [6.45, 7) is 4.30. The number of hydrogen-bond donors (Lipinski definition) is 2. The SMILES string of the molecule is CC1CCN(S(=O)(=O)N(CC(N)=O)C2CCNC2)CC1. The quantitative estimate of drug-likeness (QED) is 0.689. The van der Waals surface area contributed by atoms with E-state index in [1.165, 1.54) is 8.61 Å². The summed E-state index contributed by atoms with van der Waals surface area (Å²) in [7, 11) is -3.60. The molecule has 2 aliphatic rings. The molecule has 116 valence electrons. The Labute approximate surface area is 120 Å². The van der Waals surface area contributed by atoms with Crippen molar-refractivity contribution in [3.63, 3.8) is 0 Å². The van der Waals surface area contributed by atoms with E-state index in [0.717, 1.165) is 25.8 Å². The molecule has 7 nitrogen and oxygen atoms in total. The third-order valence-electron chi connectivity index (χ3n) is 4.12. The van der Waals surface area contributed by atoms with Crippen LogP contribution in [0.5, 0.6) is 0 Å². The normalized spacial score (nSPS) is 26.2. The van der Waals surface area contributed by atoms with E-state index in [0.29, 0.717) is 25.6 Å². The van der Waals surface area contributed by atoms with E-state index in [1.54, 1.807) is 0 Å². The molecule has 0 aromatic carbocycles. The maximum atomic E-state index is 12.7. The van der Waals surface area contributed by atoms with Crippen LogP contribution in [0.15, 0.2) is 0 Å². The van der Waals surface area contributed by atoms with Gasteiger partial charge in [0.1, 0.15) is 0 Å². The molecule has 0 spiro atoms. The minimum Gasteiger partial charge on any atom is -0.369 e. The van der Waals surface area contributed by atoms with Crippen LogP contribution in [0.3, 0.4) is 0 Å². The monoisotopic (exact) mass is 304 g/mol. The van der Waals surface area contributed by atoms with Gasteiger partial charge in [-0.05, 0) is 31.7 Å². The van der Waals surface area contributed by atoms with Crippen LogP contribution >= 0.6 is 0 Å². The van der Waals surface area contributed by atoms with E-state index < -0.39 is 16.1 Å². The van der Waals surface area contributed by atoms with Crippen molar-refractivity contribution in [3.05, 3.63) is 0 Å². The van der Waals surface area contributed by atoms with Gasteiger partial charge < -0.3 is 11.1 Å². The van der Waals surface area contributed by atoms with Gasteiger partial charge in [-0.1, -0.05) is 6.92 Å². The Balaban J connectivity index is 2.15. The fourth-order valence-corrected chi connectivity index (χ4v) is 4.62. The molecule has 0 radical (unpaired) electrons. The number of carbonyl (C=O) groups is 1. The Hall–Kier alpha value is -0.700. The predicted molar refractivity (Wildman–Crippen MR) is 76.1 cm³/mol. The fourth-order valence-electron chi connectivity index (χ4n) is 2.80. The van der Waals surface area contributed by atoms with Gasteiger partial charge in [0.05, 0.1) is 6.54 Å². The molecule has 0 aromatic rings. The summed E-state index contributed by atoms with van der Waals surface area (Å²) in [6, 6.07) is -0.174. The number of nitrogens with zero attached hydrogens (tertiary/aromatic N) is 2. The number of nitrogens with one attached hydrogen (secondary N) is 1. The van der Waals surface area contributed by atoms with Crippen LogP contribution in [0.1, 0.15) is 26.2 Å². The molecule has 20 heavy (non-hydrogen) atoms. The van der Waals surface area contributed by atoms with Gasteiger partial charge in [-0.2, -0.15) is 17.0 Å². The van der Waals surface area contributed by atoms with Crippen LogP contribution in [0, 0.1) is 5.92 Å². The van der Waals surface area contributed by atoms with Crippen molar-refractivity contribution in [3.8, 4) is 0 Å². The predicted octanol–water partition coefficient (Wildman–Crippen LogP) is -0.888. The van der Waals surface area contributed by atoms with Crippen molar-refractivity contribution >= 4 is 16.1 Å². The van der Waals surface area contributed by atoms with Crippen molar-refractivity contribution in [2.75, 3.05) is 32.7 Å². The third-order valence-corrected chi connectivity index (χ3v) is 6.16. The minimum atomic E-state index is -3.60. The first-order chi connectivity index (χ1) is 9.41. The molecule has 1 unspecified atom stereocenters. The van der Waals surface area contributed by atoms with Crippen LogP contribution in [0.2, 0.25) is 0 Å². The van der Waals surface area contributed by atoms with E-state index in [2.05, 4.69) is 12.2 Å². The number of rotatable bonds is 5. The molecular formula is C12H24N4O3S. The topological polar surface area (TPSA) is 95.7 Å². The molecule has 0 bridgehead atoms. The molecule has 3 N–H and O–H groups in total. The largest absolute Gasteiger partial charge is 0.369 e. The first-order valence-corrected chi connectivity index (χ1v) is 8.57. The van der Waals surface area contributed by atoms with Crippen LogP contribution in [0.4, 0.5) is 0 Å². The average Bonchev–Trinajstić information content (AvgIpc) is 2.89. The second-order valence-corrected chi connectivity index (χ2v) is 7.63. The zero-order chi connectivity index (χ0) is 14.8. The molecule has 2 fully saturated rings. The highest BCUT2D eigenvalue weighted by atomic mass is 32.2. The number of carbonyl (C=O) groups excluding carboxylic acids is 1. The minimum absolute atomic E-state index is 0.174. The Bertz CT molecular complexity index is 440. The summed E-state index contributed by atoms with van der Waals surface area (Å²) in [5.41, 5.74) is 5.23. The lowest BCUT2D eigenvalue weighted by Crippen LogP contribution is -2.53. The number of nitrogens with two attached hydrogens (primary N) is 1. The van der Waals surface area contributed by atoms with Crippen LogP contribution in [-0.4, -0.2) is 61.7 Å². The van der Waals surface area contributed by atoms with Crippen LogP contribution < -0.4 is 11.1 Å². The molecule has 0 aliphatic carbocycles. The maximum Gasteiger partial charge on any atom is 0.282 e. The van der Waals surface area contributed by atoms with Crippen LogP contribution in [0.25, 0.3) is 0 Å². The van der Waals surface area contributed by atoms with Crippen molar-refractivity contribution in [2.24, 2.45) is 11.7 Å². The van der Waals surface area contributed by atoms with Gasteiger partial charge >= 0.3 is 0 Å². The van der Waals surface area contributed by atoms with Gasteiger partial charge in [0.2, 0.25) is 5.91 Å². The van der Waals surface area contributed by atoms with E-state index in [4.69, 9.17) is 5.73 Å². The van der Waals surface area contributed by atoms with Gasteiger partial charge in [0, 0.05) is 25.7 Å². The molecule has 2 heterocycles. The summed E-state index contributed by atoms with van der Waals surface area (Å²) >= 11 is 0. The smallest absolute Gasteiger partial charge is 0.282 e. The second kappa shape index (κ2) is 6.38. The molecule has 0 saturated carbocycles. The van der Waals surface area contributed by atoms with E-state index >= 15 is 0 Å². The lowest BCUT2D eigenvalue weighted by molar-refractivity contribution is -0.118. The van der Waals surface area contributed by atoms with Crippen molar-refractivity contribution < 1.29 is 13.2 Å². The average molecular weight is 304 g/mol. The Morgan fingerprint density at radius 2 is 2.00 bits per heavy atom. The molecule has 0 aromatic heterocycles. The number of piperidine rings is 1. The lowest BCUT2D eigenvalue weighted by Gasteiger charge is -2.35. The lowest BCUT2D eigenvalue weighted by atomic mass is 10.0. The molecule has 8 heteroatoms. The molecule has 2 rings (SSSR count). The van der Waals surface area contributed by atoms with Crippen molar-refractivity contribution in [2.45, 2.75) is 32.2 Å². The highest BCUT2D eigenvalue weighted by Gasteiger charge is 2.38. The molecule has 2 saturated heterocycles. The van der Waals surface area contributed by atoms with Crippen LogP contribution in [-0.2, 0) is 15.0 Å². The van der Waals surface area contributed by atoms with E-state index in [1.807, 2.05) is 0 Å². The number of hydrogen-bond acceptors (Lipinski definition) is 4. The number of primary amides is 1. The second-order valence-electron chi connectivity index (χ2n) is 5.75. The van der Waals surface area contributed by atoms with Crippen molar-refractivity contribution in [1.82, 2.24) is 13.9 Å². The molecule has 1 amide bonds. The first kappa shape index (κ1) is 15.7. The Kier molecular flexibility index (Phi) is 5.00. The fraction of sp³-hybridized carbons (Fsp3) is 0.917. The van der Waals surface area contributed by atoms with Gasteiger partial charge in [0.15, 0.2) is 0 Å². The first-order valence-electron chi connectivity index (χ1n) is 7.17. The standard InChI is InChI=1S/C12H24N4O3S/c1-10-3-6-15(7-4-10)20(18,19)16(9-12(13)17)11-2-5-14-8-11/h10-11,14H,2-9H2,1H3,(H2,13,17). The summed E-state index contributed by atoms with van der Waals surface area (Å²) in [5.74, 6) is -0.0509. The van der Waals surface area contributed by atoms with Gasteiger partial charge in [-0.25, -0.2) is 0 Å². The summed E-state index contributed by atoms with van der Waals surface area (Å²) in [4.78, 5) is 11.2. The van der Waals surface area contributed by atoms with E-state index in [9.17, 15) is 13.2 Å². The maximum absolute atomic E-state index is 12.7. The molecule has 1 atom stereocenters. The summed E-state index contributed by atoms with van der Waals surface area (Å²) < 4.78 is 28.2. The third kappa shape index (κ3) is 3.49. The summed E-state index contributed by atoms with van der Waals surface area (Å²) in [5, 5.41) is 3.13. The zero-order valence-electron chi connectivity index (χ0n) is 11.9. The Morgan fingerprint density at radius 1 is 1.35 bits per heavy atom. The Morgan fingerprint density at radius 3 is 2.50 bits per heavy atom. The van der Waals surface area contributed by atoms with Gasteiger partial charge in [-0.15, -0.1) is 0 Å². The van der Waals surface area contributed by atoms with Gasteiger partial charge in [-0.3, -0.25) is 4.79 Å². The highest BCUT2D eigenvalue weighted by Crippen LogP contribution is 2.23. The number of amides is 1. The summed E-state index contributed by atoms with van der Waals surface area (Å²) in [6.07, 6.45) is 2.45. The van der Waals surface area contributed by atoms with Crippen molar-refractivity contribution in [1.29, 1.82) is 0 Å². The van der Waals surface area contributed by atoms with E-state index in [-0.39, 0.29) is 12.6 Å². The highest BCUT2D eigenvalue weighted by molar-refractivity contribution is 7.86. The van der Waals surface area contributed by atoms with Gasteiger partial charge in [0.25, 0.3) is 10.2 Å². The zero-order valence-corrected chi connectivity index (χ0v) is 12.7. The molecule has 2 aliphatic heterocycles.